The second-order valence-corrected chi connectivity index (χ2v) is 25.1. The van der Waals surface area contributed by atoms with E-state index in [0.29, 0.717) is 55.4 Å². The van der Waals surface area contributed by atoms with E-state index in [4.69, 9.17) is 40.1 Å². The summed E-state index contributed by atoms with van der Waals surface area (Å²) in [6.45, 7) is 3.86. The van der Waals surface area contributed by atoms with Crippen LogP contribution in [0.2, 0.25) is 0 Å². The zero-order valence-corrected chi connectivity index (χ0v) is 55.3. The summed E-state index contributed by atoms with van der Waals surface area (Å²) in [7, 11) is 0. The zero-order valence-electron chi connectivity index (χ0n) is 54.5. The van der Waals surface area contributed by atoms with Crippen LogP contribution in [0.25, 0.3) is 0 Å². The molecule has 32 heteroatoms. The van der Waals surface area contributed by atoms with Crippen LogP contribution in [0.3, 0.4) is 0 Å². The average Bonchev–Trinajstić information content (AvgIpc) is 1.74. The molecule has 2 aliphatic heterocycles. The molecule has 2 saturated heterocycles. The van der Waals surface area contributed by atoms with Gasteiger partial charge in [0.05, 0.1) is 12.6 Å². The standard InChI is InChI=1S/C63H98N18O13S/c1-37(2)33-45(57(89)74-41(53(68)85)27-32-95-3)73-52(84)36-72-54(86)46(34-38-15-6-4-7-16-38)78-58(90)47(35-39-17-8-5-9-18-39)79-56(88)42(23-25-50(66)82)75-55(87)43(24-26-51(67)83)76-59(91)49-22-14-31-81(49)62(94)44(20-10-11-28-64)77-60(92)48-21-13-30-80(48)61(93)40(65)19-12-29-71-63(69)70/h4-9,15-18,37,40-49H,10-14,19-36,64-65H2,1-3H3,(H2,66,82)(H2,67,83)(H2,68,85)(H,72,86)(H,73,84)(H,74,89)(H,75,87)(H,76,91)(H,77,92)(H,78,90)(H,79,88)(H4,69,70,71)/t40-,41-,42-,43+,44-,45-,46-,47+,48+,49-/m0/s1. The first-order valence-electron chi connectivity index (χ1n) is 32.2. The van der Waals surface area contributed by atoms with E-state index in [0.717, 1.165) is 0 Å². The molecular weight excluding hydrogens is 1250 g/mol. The van der Waals surface area contributed by atoms with Crippen LogP contribution in [0.5, 0.6) is 0 Å². The molecule has 31 nitrogen and oxygen atoms in total. The Balaban J connectivity index is 1.56. The van der Waals surface area contributed by atoms with Crippen molar-refractivity contribution < 1.29 is 62.3 Å². The molecule has 0 aliphatic carbocycles. The Morgan fingerprint density at radius 3 is 1.51 bits per heavy atom. The first kappa shape index (κ1) is 78.5. The molecule has 0 unspecified atom stereocenters. The minimum atomic E-state index is -1.64. The summed E-state index contributed by atoms with van der Waals surface area (Å²) in [6.07, 6.45) is 3.12. The topological polar surface area (TPSA) is 519 Å². The molecule has 0 saturated carbocycles. The largest absolute Gasteiger partial charge is 0.370 e. The first-order valence-corrected chi connectivity index (χ1v) is 33.6. The van der Waals surface area contributed by atoms with E-state index in [1.165, 1.54) is 21.6 Å². The number of unbranched alkanes of at least 4 members (excludes halogenated alkanes) is 1. The predicted molar refractivity (Wildman–Crippen MR) is 356 cm³/mol. The minimum Gasteiger partial charge on any atom is -0.370 e. The van der Waals surface area contributed by atoms with Gasteiger partial charge in [0.25, 0.3) is 0 Å². The Morgan fingerprint density at radius 2 is 1.01 bits per heavy atom. The number of benzene rings is 2. The molecule has 2 aliphatic rings. The van der Waals surface area contributed by atoms with E-state index in [1.807, 2.05) is 20.1 Å². The Morgan fingerprint density at radius 1 is 0.537 bits per heavy atom. The molecule has 4 rings (SSSR count). The molecule has 0 aromatic heterocycles. The van der Waals surface area contributed by atoms with Crippen LogP contribution in [0, 0.1) is 5.92 Å². The Labute approximate surface area is 558 Å². The summed E-state index contributed by atoms with van der Waals surface area (Å²) < 4.78 is 0. The van der Waals surface area contributed by atoms with Crippen molar-refractivity contribution in [3.63, 3.8) is 0 Å². The fourth-order valence-electron chi connectivity index (χ4n) is 11.0. The lowest BCUT2D eigenvalue weighted by atomic mass is 10.0. The lowest BCUT2D eigenvalue weighted by molar-refractivity contribution is -0.144. The van der Waals surface area contributed by atoms with E-state index in [1.54, 1.807) is 60.7 Å². The minimum absolute atomic E-state index is 0.0736. The van der Waals surface area contributed by atoms with Gasteiger partial charge in [0.2, 0.25) is 76.8 Å². The third-order valence-electron chi connectivity index (χ3n) is 16.0. The molecule has 10 atom stereocenters. The number of hydrogen-bond donors (Lipinski definition) is 15. The number of nitrogens with one attached hydrogen (secondary N) is 8. The van der Waals surface area contributed by atoms with Crippen molar-refractivity contribution >= 4 is 94.5 Å². The monoisotopic (exact) mass is 1350 g/mol. The number of primary amides is 3. The molecule has 2 fully saturated rings. The molecule has 2 aromatic carbocycles. The molecule has 13 amide bonds. The number of guanidine groups is 1. The van der Waals surface area contributed by atoms with Gasteiger partial charge in [-0.05, 0) is 119 Å². The Hall–Kier alpha value is -8.91. The maximum atomic E-state index is 14.7. The Kier molecular flexibility index (Phi) is 33.9. The molecule has 22 N–H and O–H groups in total. The SMILES string of the molecule is CSCC[C@H](NC(=O)[C@H](CC(C)C)NC(=O)CNC(=O)[C@H](Cc1ccccc1)NC(=O)[C@@H](Cc1ccccc1)NC(=O)[C@H](CCC(N)=O)NC(=O)[C@@H](CCC(N)=O)NC(=O)[C@@H]1CCCN1C(=O)[C@H](CCCCN)NC(=O)[C@H]1CCCN1C(=O)[C@@H](N)CCCN=C(N)N)C(N)=O. The molecule has 2 aromatic rings. The second kappa shape index (κ2) is 41.0. The summed E-state index contributed by atoms with van der Waals surface area (Å²) in [5.41, 5.74) is 40.6. The lowest BCUT2D eigenvalue weighted by Gasteiger charge is -2.32. The van der Waals surface area contributed by atoms with Crippen molar-refractivity contribution in [3.05, 3.63) is 71.8 Å². The van der Waals surface area contributed by atoms with Gasteiger partial charge in [-0.2, -0.15) is 11.8 Å². The van der Waals surface area contributed by atoms with Crippen molar-refractivity contribution in [2.75, 3.05) is 44.7 Å². The van der Waals surface area contributed by atoms with E-state index >= 15 is 0 Å². The van der Waals surface area contributed by atoms with Crippen molar-refractivity contribution in [2.24, 2.45) is 51.0 Å². The van der Waals surface area contributed by atoms with Gasteiger partial charge >= 0.3 is 0 Å². The van der Waals surface area contributed by atoms with Crippen LogP contribution in [-0.4, -0.2) is 198 Å². The van der Waals surface area contributed by atoms with Gasteiger partial charge in [-0.1, -0.05) is 74.5 Å². The Bertz CT molecular complexity index is 2960. The number of nitrogens with two attached hydrogens (primary N) is 7. The normalized spacial score (nSPS) is 16.8. The van der Waals surface area contributed by atoms with Gasteiger partial charge < -0.3 is 92.5 Å². The predicted octanol–water partition coefficient (Wildman–Crippen LogP) is -3.71. The van der Waals surface area contributed by atoms with Crippen LogP contribution in [0.4, 0.5) is 0 Å². The van der Waals surface area contributed by atoms with Crippen LogP contribution in [0.1, 0.15) is 121 Å². The highest BCUT2D eigenvalue weighted by Crippen LogP contribution is 2.24. The summed E-state index contributed by atoms with van der Waals surface area (Å²) in [6, 6.07) is 4.51. The highest BCUT2D eigenvalue weighted by Gasteiger charge is 2.42. The highest BCUT2D eigenvalue weighted by molar-refractivity contribution is 7.98. The first-order chi connectivity index (χ1) is 45.2. The molecule has 0 radical (unpaired) electrons. The van der Waals surface area contributed by atoms with Crippen LogP contribution < -0.4 is 82.7 Å². The van der Waals surface area contributed by atoms with E-state index < -0.39 is 169 Å². The summed E-state index contributed by atoms with van der Waals surface area (Å²) >= 11 is 1.45. The summed E-state index contributed by atoms with van der Waals surface area (Å²) in [5.74, 6) is -9.80. The average molecular weight is 1350 g/mol. The van der Waals surface area contributed by atoms with Crippen molar-refractivity contribution in [3.8, 4) is 0 Å². The van der Waals surface area contributed by atoms with E-state index in [-0.39, 0.29) is 83.0 Å². The second-order valence-electron chi connectivity index (χ2n) is 24.1. The molecular formula is C63H98N18O13S. The number of carbonyl (C=O) groups excluding carboxylic acids is 13. The van der Waals surface area contributed by atoms with Crippen molar-refractivity contribution in [1.29, 1.82) is 0 Å². The van der Waals surface area contributed by atoms with Crippen LogP contribution in [-0.2, 0) is 75.2 Å². The third kappa shape index (κ3) is 27.5. The van der Waals surface area contributed by atoms with Gasteiger partial charge in [-0.15, -0.1) is 0 Å². The number of aliphatic imine (C=N–C) groups is 1. The maximum absolute atomic E-state index is 14.7. The smallest absolute Gasteiger partial charge is 0.245 e. The van der Waals surface area contributed by atoms with Crippen molar-refractivity contribution in [2.45, 2.75) is 183 Å². The molecule has 0 spiro atoms. The third-order valence-corrected chi connectivity index (χ3v) is 16.7. The van der Waals surface area contributed by atoms with Crippen LogP contribution in [0.15, 0.2) is 65.7 Å². The molecule has 2 heterocycles. The highest BCUT2D eigenvalue weighted by atomic mass is 32.2. The van der Waals surface area contributed by atoms with E-state index in [2.05, 4.69) is 47.5 Å². The van der Waals surface area contributed by atoms with Gasteiger partial charge in [0.1, 0.15) is 54.4 Å². The lowest BCUT2D eigenvalue weighted by Crippen LogP contribution is -2.60. The van der Waals surface area contributed by atoms with Gasteiger partial charge in [-0.25, -0.2) is 0 Å². The fraction of sp³-hybridized carbons (Fsp3) is 0.587. The molecule has 524 valence electrons. The van der Waals surface area contributed by atoms with Crippen molar-refractivity contribution in [1.82, 2.24) is 52.3 Å². The quantitative estimate of drug-likeness (QED) is 0.0173. The van der Waals surface area contributed by atoms with Gasteiger partial charge in [-0.3, -0.25) is 67.3 Å². The van der Waals surface area contributed by atoms with Gasteiger partial charge in [0.15, 0.2) is 5.96 Å². The number of rotatable bonds is 42. The zero-order chi connectivity index (χ0) is 70.1. The molecule has 0 bridgehead atoms. The fourth-order valence-corrected chi connectivity index (χ4v) is 11.5. The van der Waals surface area contributed by atoms with E-state index in [9.17, 15) is 62.3 Å². The number of hydrogen-bond acceptors (Lipinski definition) is 17. The summed E-state index contributed by atoms with van der Waals surface area (Å²) in [5, 5.41) is 21.1. The van der Waals surface area contributed by atoms with Crippen LogP contribution >= 0.6 is 11.8 Å². The van der Waals surface area contributed by atoms with Gasteiger partial charge in [0, 0.05) is 45.3 Å². The number of nitrogens with zero attached hydrogens (tertiary/aromatic N) is 3. The number of carbonyl (C=O) groups is 13. The maximum Gasteiger partial charge on any atom is 0.245 e. The number of amides is 13. The number of thioether (sulfide) groups is 1. The molecule has 95 heavy (non-hydrogen) atoms. The summed E-state index contributed by atoms with van der Waals surface area (Å²) in [4.78, 5) is 185. The number of likely N-dealkylation sites (tertiary alicyclic amines) is 2.